The molecule has 1 aromatic rings. The molecule has 0 radical (unpaired) electrons. The van der Waals surface area contributed by atoms with E-state index >= 15 is 0 Å². The molecule has 0 aliphatic heterocycles. The van der Waals surface area contributed by atoms with Gasteiger partial charge in [0.25, 0.3) is 0 Å². The van der Waals surface area contributed by atoms with Gasteiger partial charge in [-0.1, -0.05) is 30.3 Å². The lowest BCUT2D eigenvalue weighted by Gasteiger charge is -2.25. The highest BCUT2D eigenvalue weighted by Crippen LogP contribution is 2.29. The first-order chi connectivity index (χ1) is 8.17. The van der Waals surface area contributed by atoms with Crippen molar-refractivity contribution in [3.05, 3.63) is 35.9 Å². The standard InChI is InChI=1S/C12H19ClO3Si/c1-14-17(15-2,16-3)10-9-12(13)11-7-5-4-6-8-11/h4-8,12H,9-10H2,1-3H3. The Morgan fingerprint density at radius 2 is 1.59 bits per heavy atom. The third kappa shape index (κ3) is 4.08. The minimum atomic E-state index is -2.50. The average Bonchev–Trinajstić information content (AvgIpc) is 2.41. The van der Waals surface area contributed by atoms with E-state index in [1.165, 1.54) is 0 Å². The Hall–Kier alpha value is -0.393. The first-order valence-electron chi connectivity index (χ1n) is 5.52. The highest BCUT2D eigenvalue weighted by molar-refractivity contribution is 6.60. The van der Waals surface area contributed by atoms with Crippen LogP contribution in [0.1, 0.15) is 17.4 Å². The molecule has 1 unspecified atom stereocenters. The smallest absolute Gasteiger partial charge is 0.377 e. The van der Waals surface area contributed by atoms with Gasteiger partial charge in [-0.15, -0.1) is 11.6 Å². The summed E-state index contributed by atoms with van der Waals surface area (Å²) in [6.45, 7) is 0. The van der Waals surface area contributed by atoms with Crippen molar-refractivity contribution in [2.24, 2.45) is 0 Å². The molecule has 0 spiro atoms. The van der Waals surface area contributed by atoms with Crippen LogP contribution in [0.15, 0.2) is 30.3 Å². The summed E-state index contributed by atoms with van der Waals surface area (Å²) < 4.78 is 16.1. The third-order valence-corrected chi connectivity index (χ3v) is 6.04. The Balaban J connectivity index is 2.55. The van der Waals surface area contributed by atoms with Crippen LogP contribution in [0.2, 0.25) is 6.04 Å². The lowest BCUT2D eigenvalue weighted by molar-refractivity contribution is 0.123. The second-order valence-electron chi connectivity index (χ2n) is 3.71. The molecule has 0 N–H and O–H groups in total. The predicted octanol–water partition coefficient (Wildman–Crippen LogP) is 3.23. The molecule has 0 aliphatic rings. The molecule has 0 aliphatic carbocycles. The number of hydrogen-bond acceptors (Lipinski definition) is 3. The average molecular weight is 275 g/mol. The molecule has 0 bridgehead atoms. The lowest BCUT2D eigenvalue weighted by atomic mass is 10.1. The van der Waals surface area contributed by atoms with Crippen LogP contribution in [0.25, 0.3) is 0 Å². The van der Waals surface area contributed by atoms with Crippen LogP contribution in [-0.4, -0.2) is 30.1 Å². The van der Waals surface area contributed by atoms with Gasteiger partial charge in [-0.3, -0.25) is 0 Å². The normalized spacial score (nSPS) is 13.6. The van der Waals surface area contributed by atoms with Crippen molar-refractivity contribution < 1.29 is 13.3 Å². The van der Waals surface area contributed by atoms with Crippen molar-refractivity contribution in [3.63, 3.8) is 0 Å². The topological polar surface area (TPSA) is 27.7 Å². The second kappa shape index (κ2) is 7.13. The largest absolute Gasteiger partial charge is 0.500 e. The van der Waals surface area contributed by atoms with E-state index in [0.29, 0.717) is 6.04 Å². The van der Waals surface area contributed by atoms with Gasteiger partial charge < -0.3 is 13.3 Å². The fraction of sp³-hybridized carbons (Fsp3) is 0.500. The van der Waals surface area contributed by atoms with Crippen molar-refractivity contribution in [2.75, 3.05) is 21.3 Å². The first-order valence-corrected chi connectivity index (χ1v) is 7.88. The van der Waals surface area contributed by atoms with Crippen LogP contribution in [0.5, 0.6) is 0 Å². The number of benzene rings is 1. The van der Waals surface area contributed by atoms with Crippen molar-refractivity contribution in [2.45, 2.75) is 17.8 Å². The summed E-state index contributed by atoms with van der Waals surface area (Å²) in [4.78, 5) is 0. The Bertz CT molecular complexity index is 309. The Labute approximate surface area is 109 Å². The van der Waals surface area contributed by atoms with Gasteiger partial charge in [0.2, 0.25) is 0 Å². The summed E-state index contributed by atoms with van der Waals surface area (Å²) in [7, 11) is 2.35. The minimum absolute atomic E-state index is 0.0384. The SMILES string of the molecule is CO[Si](CCC(Cl)c1ccccc1)(OC)OC. The van der Waals surface area contributed by atoms with Crippen LogP contribution < -0.4 is 0 Å². The molecular formula is C12H19ClO3Si. The molecule has 17 heavy (non-hydrogen) atoms. The van der Waals surface area contributed by atoms with Gasteiger partial charge in [0.1, 0.15) is 0 Å². The summed E-state index contributed by atoms with van der Waals surface area (Å²) >= 11 is 6.34. The summed E-state index contributed by atoms with van der Waals surface area (Å²) in [5.74, 6) is 0. The van der Waals surface area contributed by atoms with E-state index < -0.39 is 8.80 Å². The van der Waals surface area contributed by atoms with Crippen LogP contribution in [-0.2, 0) is 13.3 Å². The molecule has 5 heteroatoms. The van der Waals surface area contributed by atoms with Gasteiger partial charge in [-0.05, 0) is 12.0 Å². The fourth-order valence-electron chi connectivity index (χ4n) is 1.69. The maximum absolute atomic E-state index is 6.34. The van der Waals surface area contributed by atoms with Crippen LogP contribution in [0.3, 0.4) is 0 Å². The molecule has 3 nitrogen and oxygen atoms in total. The van der Waals surface area contributed by atoms with Crippen LogP contribution in [0.4, 0.5) is 0 Å². The van der Waals surface area contributed by atoms with E-state index in [2.05, 4.69) is 0 Å². The van der Waals surface area contributed by atoms with Gasteiger partial charge in [-0.2, -0.15) is 0 Å². The molecular weight excluding hydrogens is 256 g/mol. The maximum atomic E-state index is 6.34. The highest BCUT2D eigenvalue weighted by Gasteiger charge is 2.37. The maximum Gasteiger partial charge on any atom is 0.500 e. The van der Waals surface area contributed by atoms with Crippen molar-refractivity contribution in [3.8, 4) is 0 Å². The zero-order valence-electron chi connectivity index (χ0n) is 10.5. The second-order valence-corrected chi connectivity index (χ2v) is 7.33. The highest BCUT2D eigenvalue weighted by atomic mass is 35.5. The quantitative estimate of drug-likeness (QED) is 0.564. The van der Waals surface area contributed by atoms with Gasteiger partial charge in [0.15, 0.2) is 0 Å². The van der Waals surface area contributed by atoms with Crippen LogP contribution >= 0.6 is 11.6 Å². The molecule has 0 aromatic heterocycles. The fourth-order valence-corrected chi connectivity index (χ4v) is 3.88. The van der Waals surface area contributed by atoms with Gasteiger partial charge in [-0.25, -0.2) is 0 Å². The van der Waals surface area contributed by atoms with Gasteiger partial charge in [0.05, 0.1) is 5.38 Å². The summed E-state index contributed by atoms with van der Waals surface area (Å²) in [5.41, 5.74) is 1.11. The van der Waals surface area contributed by atoms with Gasteiger partial charge >= 0.3 is 8.80 Å². The Morgan fingerprint density at radius 1 is 1.06 bits per heavy atom. The van der Waals surface area contributed by atoms with Crippen molar-refractivity contribution >= 4 is 20.4 Å². The molecule has 1 rings (SSSR count). The zero-order valence-corrected chi connectivity index (χ0v) is 12.2. The number of alkyl halides is 1. The summed E-state index contributed by atoms with van der Waals surface area (Å²) in [5, 5.41) is -0.0384. The molecule has 0 heterocycles. The van der Waals surface area contributed by atoms with E-state index in [4.69, 9.17) is 24.9 Å². The molecule has 96 valence electrons. The van der Waals surface area contributed by atoms with E-state index in [-0.39, 0.29) is 5.38 Å². The predicted molar refractivity (Wildman–Crippen MR) is 71.2 cm³/mol. The molecule has 0 saturated heterocycles. The van der Waals surface area contributed by atoms with Crippen molar-refractivity contribution in [1.29, 1.82) is 0 Å². The van der Waals surface area contributed by atoms with Crippen molar-refractivity contribution in [1.82, 2.24) is 0 Å². The lowest BCUT2D eigenvalue weighted by Crippen LogP contribution is -2.42. The van der Waals surface area contributed by atoms with Crippen LogP contribution in [0, 0.1) is 0 Å². The first kappa shape index (κ1) is 14.7. The van der Waals surface area contributed by atoms with E-state index in [9.17, 15) is 0 Å². The zero-order chi connectivity index (χ0) is 12.7. The molecule has 1 aromatic carbocycles. The third-order valence-electron chi connectivity index (χ3n) is 2.80. The molecule has 0 saturated carbocycles. The monoisotopic (exact) mass is 274 g/mol. The number of hydrogen-bond donors (Lipinski definition) is 0. The number of rotatable bonds is 7. The molecule has 1 atom stereocenters. The molecule has 0 fully saturated rings. The van der Waals surface area contributed by atoms with E-state index in [1.807, 2.05) is 30.3 Å². The Morgan fingerprint density at radius 3 is 2.06 bits per heavy atom. The van der Waals surface area contributed by atoms with E-state index in [1.54, 1.807) is 21.3 Å². The molecule has 0 amide bonds. The number of halogens is 1. The van der Waals surface area contributed by atoms with E-state index in [0.717, 1.165) is 12.0 Å². The summed E-state index contributed by atoms with van der Waals surface area (Å²) in [6, 6.07) is 10.7. The minimum Gasteiger partial charge on any atom is -0.377 e. The Kier molecular flexibility index (Phi) is 6.15. The van der Waals surface area contributed by atoms with Gasteiger partial charge in [0, 0.05) is 27.4 Å². The summed E-state index contributed by atoms with van der Waals surface area (Å²) in [6.07, 6.45) is 0.771.